The first-order valence-corrected chi connectivity index (χ1v) is 5.87. The van der Waals surface area contributed by atoms with Crippen molar-refractivity contribution in [3.05, 3.63) is 0 Å². The summed E-state index contributed by atoms with van der Waals surface area (Å²) >= 11 is 0. The Balaban J connectivity index is 2.51. The summed E-state index contributed by atoms with van der Waals surface area (Å²) in [4.78, 5) is 0. The summed E-state index contributed by atoms with van der Waals surface area (Å²) in [6.45, 7) is 9.22. The standard InChI is InChI=1S/C12H25N/c1-5-9-7-10(11(13)6-2)12(9)8(3)4/h8-12H,5-7,13H2,1-4H3. The summed E-state index contributed by atoms with van der Waals surface area (Å²) < 4.78 is 0. The molecule has 4 unspecified atom stereocenters. The molecule has 0 bridgehead atoms. The predicted molar refractivity (Wildman–Crippen MR) is 58.5 cm³/mol. The van der Waals surface area contributed by atoms with E-state index in [1.807, 2.05) is 0 Å². The quantitative estimate of drug-likeness (QED) is 0.712. The van der Waals surface area contributed by atoms with Crippen LogP contribution in [0.15, 0.2) is 0 Å². The third-order valence-corrected chi connectivity index (χ3v) is 3.93. The van der Waals surface area contributed by atoms with Crippen LogP contribution in [-0.4, -0.2) is 6.04 Å². The molecule has 0 radical (unpaired) electrons. The Morgan fingerprint density at radius 2 is 1.92 bits per heavy atom. The topological polar surface area (TPSA) is 26.0 Å². The second-order valence-corrected chi connectivity index (χ2v) is 4.96. The minimum Gasteiger partial charge on any atom is -0.327 e. The Morgan fingerprint density at radius 1 is 1.31 bits per heavy atom. The van der Waals surface area contributed by atoms with E-state index in [9.17, 15) is 0 Å². The number of hydrogen-bond donors (Lipinski definition) is 1. The van der Waals surface area contributed by atoms with Gasteiger partial charge in [-0.1, -0.05) is 34.1 Å². The van der Waals surface area contributed by atoms with E-state index in [0.29, 0.717) is 6.04 Å². The molecule has 1 fully saturated rings. The monoisotopic (exact) mass is 183 g/mol. The fraction of sp³-hybridized carbons (Fsp3) is 1.00. The van der Waals surface area contributed by atoms with Gasteiger partial charge in [-0.05, 0) is 36.5 Å². The fourth-order valence-electron chi connectivity index (χ4n) is 3.06. The largest absolute Gasteiger partial charge is 0.327 e. The van der Waals surface area contributed by atoms with E-state index in [1.54, 1.807) is 0 Å². The van der Waals surface area contributed by atoms with E-state index in [-0.39, 0.29) is 0 Å². The lowest BCUT2D eigenvalue weighted by atomic mass is 9.57. The van der Waals surface area contributed by atoms with Crippen molar-refractivity contribution < 1.29 is 0 Å². The smallest absolute Gasteiger partial charge is 0.00674 e. The lowest BCUT2D eigenvalue weighted by molar-refractivity contribution is 0.00977. The molecule has 1 nitrogen and oxygen atoms in total. The lowest BCUT2D eigenvalue weighted by Crippen LogP contribution is -2.49. The molecule has 1 aliphatic carbocycles. The molecule has 0 heterocycles. The van der Waals surface area contributed by atoms with Crippen LogP contribution >= 0.6 is 0 Å². The second-order valence-electron chi connectivity index (χ2n) is 4.96. The highest BCUT2D eigenvalue weighted by molar-refractivity contribution is 4.94. The van der Waals surface area contributed by atoms with Crippen LogP contribution in [0.3, 0.4) is 0 Å². The summed E-state index contributed by atoms with van der Waals surface area (Å²) in [5.74, 6) is 3.50. The molecule has 0 amide bonds. The van der Waals surface area contributed by atoms with Crippen molar-refractivity contribution in [2.45, 2.75) is 53.0 Å². The molecule has 13 heavy (non-hydrogen) atoms. The third-order valence-electron chi connectivity index (χ3n) is 3.93. The average Bonchev–Trinajstić information content (AvgIpc) is 2.01. The number of rotatable bonds is 4. The summed E-state index contributed by atoms with van der Waals surface area (Å²) in [5.41, 5.74) is 6.12. The Bertz CT molecular complexity index is 153. The van der Waals surface area contributed by atoms with Gasteiger partial charge >= 0.3 is 0 Å². The summed E-state index contributed by atoms with van der Waals surface area (Å²) in [5, 5.41) is 0. The van der Waals surface area contributed by atoms with E-state index in [4.69, 9.17) is 5.73 Å². The highest BCUT2D eigenvalue weighted by Crippen LogP contribution is 2.48. The first kappa shape index (κ1) is 11.0. The molecule has 0 spiro atoms. The zero-order chi connectivity index (χ0) is 10.0. The molecule has 0 aromatic heterocycles. The van der Waals surface area contributed by atoms with Crippen LogP contribution in [0.2, 0.25) is 0 Å². The van der Waals surface area contributed by atoms with Crippen molar-refractivity contribution in [2.24, 2.45) is 29.4 Å². The molecular formula is C12H25N. The Morgan fingerprint density at radius 3 is 2.31 bits per heavy atom. The van der Waals surface area contributed by atoms with E-state index < -0.39 is 0 Å². The molecule has 2 N–H and O–H groups in total. The van der Waals surface area contributed by atoms with Gasteiger partial charge < -0.3 is 5.73 Å². The van der Waals surface area contributed by atoms with Crippen LogP contribution in [-0.2, 0) is 0 Å². The molecule has 78 valence electrons. The van der Waals surface area contributed by atoms with E-state index >= 15 is 0 Å². The van der Waals surface area contributed by atoms with Gasteiger partial charge in [-0.2, -0.15) is 0 Å². The van der Waals surface area contributed by atoms with Crippen molar-refractivity contribution in [3.63, 3.8) is 0 Å². The molecular weight excluding hydrogens is 158 g/mol. The summed E-state index contributed by atoms with van der Waals surface area (Å²) in [7, 11) is 0. The Labute approximate surface area is 83.1 Å². The first-order valence-electron chi connectivity index (χ1n) is 5.87. The zero-order valence-corrected chi connectivity index (χ0v) is 9.59. The number of nitrogens with two attached hydrogens (primary N) is 1. The maximum absolute atomic E-state index is 6.12. The molecule has 0 aliphatic heterocycles. The maximum Gasteiger partial charge on any atom is 0.00674 e. The predicted octanol–water partition coefficient (Wildman–Crippen LogP) is 3.04. The van der Waals surface area contributed by atoms with Crippen molar-refractivity contribution in [3.8, 4) is 0 Å². The minimum atomic E-state index is 0.454. The van der Waals surface area contributed by atoms with Crippen LogP contribution in [0.5, 0.6) is 0 Å². The normalized spacial score (nSPS) is 36.0. The van der Waals surface area contributed by atoms with Gasteiger partial charge in [0.2, 0.25) is 0 Å². The van der Waals surface area contributed by atoms with Gasteiger partial charge in [-0.3, -0.25) is 0 Å². The number of hydrogen-bond acceptors (Lipinski definition) is 1. The molecule has 4 atom stereocenters. The van der Waals surface area contributed by atoms with Gasteiger partial charge in [-0.25, -0.2) is 0 Å². The summed E-state index contributed by atoms with van der Waals surface area (Å²) in [6, 6.07) is 0.454. The molecule has 0 aromatic carbocycles. The third kappa shape index (κ3) is 2.07. The summed E-state index contributed by atoms with van der Waals surface area (Å²) in [6.07, 6.45) is 3.87. The van der Waals surface area contributed by atoms with Gasteiger partial charge in [0.05, 0.1) is 0 Å². The Hall–Kier alpha value is -0.0400. The van der Waals surface area contributed by atoms with Gasteiger partial charge in [-0.15, -0.1) is 0 Å². The van der Waals surface area contributed by atoms with Gasteiger partial charge in [0.1, 0.15) is 0 Å². The molecule has 1 aliphatic rings. The van der Waals surface area contributed by atoms with Gasteiger partial charge in [0.15, 0.2) is 0 Å². The lowest BCUT2D eigenvalue weighted by Gasteiger charge is -2.50. The molecule has 1 heteroatoms. The molecule has 1 rings (SSSR count). The first-order chi connectivity index (χ1) is 6.11. The zero-order valence-electron chi connectivity index (χ0n) is 9.59. The van der Waals surface area contributed by atoms with Crippen LogP contribution in [0, 0.1) is 23.7 Å². The van der Waals surface area contributed by atoms with Crippen LogP contribution in [0.25, 0.3) is 0 Å². The highest BCUT2D eigenvalue weighted by atomic mass is 14.7. The van der Waals surface area contributed by atoms with Crippen molar-refractivity contribution >= 4 is 0 Å². The SMILES string of the molecule is CCC(N)C1CC(CC)C1C(C)C. The van der Waals surface area contributed by atoms with Gasteiger partial charge in [0, 0.05) is 6.04 Å². The fourth-order valence-corrected chi connectivity index (χ4v) is 3.06. The van der Waals surface area contributed by atoms with Crippen LogP contribution in [0.4, 0.5) is 0 Å². The van der Waals surface area contributed by atoms with E-state index in [1.165, 1.54) is 12.8 Å². The average molecular weight is 183 g/mol. The van der Waals surface area contributed by atoms with Crippen molar-refractivity contribution in [1.82, 2.24) is 0 Å². The van der Waals surface area contributed by atoms with Crippen LogP contribution in [0.1, 0.15) is 47.0 Å². The molecule has 0 saturated heterocycles. The molecule has 1 saturated carbocycles. The highest BCUT2D eigenvalue weighted by Gasteiger charge is 2.43. The second kappa shape index (κ2) is 4.45. The van der Waals surface area contributed by atoms with E-state index in [2.05, 4.69) is 27.7 Å². The van der Waals surface area contributed by atoms with Crippen LogP contribution < -0.4 is 5.73 Å². The molecule has 0 aromatic rings. The van der Waals surface area contributed by atoms with Crippen molar-refractivity contribution in [2.75, 3.05) is 0 Å². The minimum absolute atomic E-state index is 0.454. The van der Waals surface area contributed by atoms with Gasteiger partial charge in [0.25, 0.3) is 0 Å². The maximum atomic E-state index is 6.12. The van der Waals surface area contributed by atoms with Crippen molar-refractivity contribution in [1.29, 1.82) is 0 Å². The Kier molecular flexibility index (Phi) is 3.78. The van der Waals surface area contributed by atoms with E-state index in [0.717, 1.165) is 30.1 Å².